The number of hydrogen-bond donors (Lipinski definition) is 2. The molecule has 1 saturated heterocycles. The first-order chi connectivity index (χ1) is 11.6. The van der Waals surface area contributed by atoms with Crippen molar-refractivity contribution in [3.05, 3.63) is 17.5 Å². The summed E-state index contributed by atoms with van der Waals surface area (Å²) < 4.78 is 1.37. The third-order valence-electron chi connectivity index (χ3n) is 3.63. The number of nitrogens with zero attached hydrogens (tertiary/aromatic N) is 4. The number of rotatable bonds is 6. The van der Waals surface area contributed by atoms with Crippen molar-refractivity contribution < 1.29 is 9.59 Å². The van der Waals surface area contributed by atoms with Gasteiger partial charge in [-0.3, -0.25) is 9.59 Å². The first-order valence-corrected chi connectivity index (χ1v) is 9.43. The highest BCUT2D eigenvalue weighted by molar-refractivity contribution is 7.99. The summed E-state index contributed by atoms with van der Waals surface area (Å²) in [6, 6.07) is 3.81. The van der Waals surface area contributed by atoms with Gasteiger partial charge in [0, 0.05) is 13.1 Å². The molecular weight excluding hydrogens is 348 g/mol. The molecule has 2 amide bonds. The molecule has 1 aliphatic heterocycles. The van der Waals surface area contributed by atoms with Crippen LogP contribution in [0.1, 0.15) is 12.8 Å². The summed E-state index contributed by atoms with van der Waals surface area (Å²) in [5.41, 5.74) is 0. The van der Waals surface area contributed by atoms with Crippen molar-refractivity contribution in [2.75, 3.05) is 31.2 Å². The number of aromatic nitrogens is 3. The molecule has 0 radical (unpaired) electrons. The molecule has 0 atom stereocenters. The molecule has 1 aliphatic rings. The number of thioether (sulfide) groups is 1. The molecule has 128 valence electrons. The Balaban J connectivity index is 1.47. The lowest BCUT2D eigenvalue weighted by atomic mass is 10.4. The van der Waals surface area contributed by atoms with Gasteiger partial charge in [0.25, 0.3) is 0 Å². The normalized spacial score (nSPS) is 14.1. The lowest BCUT2D eigenvalue weighted by Gasteiger charge is -2.15. The van der Waals surface area contributed by atoms with E-state index in [4.69, 9.17) is 5.84 Å². The monoisotopic (exact) mass is 366 g/mol. The molecule has 2 aromatic rings. The molecule has 3 N–H and O–H groups in total. The highest BCUT2D eigenvalue weighted by Gasteiger charge is 2.19. The number of carbonyl (C=O) groups excluding carboxylic acids is 2. The van der Waals surface area contributed by atoms with Gasteiger partial charge in [-0.05, 0) is 24.3 Å². The molecule has 0 spiro atoms. The molecule has 3 heterocycles. The van der Waals surface area contributed by atoms with Crippen molar-refractivity contribution in [1.29, 1.82) is 0 Å². The van der Waals surface area contributed by atoms with Crippen LogP contribution in [0.25, 0.3) is 10.7 Å². The van der Waals surface area contributed by atoms with Gasteiger partial charge < -0.3 is 16.1 Å². The third-order valence-corrected chi connectivity index (χ3v) is 5.44. The molecule has 2 aromatic heterocycles. The van der Waals surface area contributed by atoms with E-state index >= 15 is 0 Å². The fourth-order valence-corrected chi connectivity index (χ4v) is 3.77. The van der Waals surface area contributed by atoms with Crippen molar-refractivity contribution in [2.24, 2.45) is 0 Å². The Morgan fingerprint density at radius 2 is 2.12 bits per heavy atom. The van der Waals surface area contributed by atoms with Gasteiger partial charge in [-0.15, -0.1) is 21.5 Å². The number of nitrogens with one attached hydrogen (secondary N) is 1. The molecule has 0 aromatic carbocycles. The summed E-state index contributed by atoms with van der Waals surface area (Å²) in [6.07, 6.45) is 2.07. The van der Waals surface area contributed by atoms with Crippen LogP contribution in [0.15, 0.2) is 22.7 Å². The van der Waals surface area contributed by atoms with Gasteiger partial charge in [0.05, 0.1) is 17.2 Å². The maximum absolute atomic E-state index is 11.9. The van der Waals surface area contributed by atoms with Crippen molar-refractivity contribution in [1.82, 2.24) is 25.1 Å². The Bertz CT molecular complexity index is 709. The smallest absolute Gasteiger partial charge is 0.241 e. The van der Waals surface area contributed by atoms with E-state index in [1.165, 1.54) is 27.8 Å². The fourth-order valence-electron chi connectivity index (χ4n) is 2.38. The lowest BCUT2D eigenvalue weighted by molar-refractivity contribution is -0.131. The van der Waals surface area contributed by atoms with Crippen LogP contribution < -0.4 is 11.2 Å². The number of hydrogen-bond acceptors (Lipinski definition) is 7. The second kappa shape index (κ2) is 7.67. The molecule has 10 heteroatoms. The molecule has 0 unspecified atom stereocenters. The van der Waals surface area contributed by atoms with E-state index in [-0.39, 0.29) is 24.1 Å². The van der Waals surface area contributed by atoms with Crippen LogP contribution in [0, 0.1) is 0 Å². The molecule has 24 heavy (non-hydrogen) atoms. The quantitative estimate of drug-likeness (QED) is 0.571. The molecule has 0 aliphatic carbocycles. The Labute approximate surface area is 147 Å². The molecule has 1 fully saturated rings. The standard InChI is InChI=1S/C14H18N6O2S2/c15-20-13(10-4-3-7-23-10)17-18-14(20)24-9-11(21)16-8-12(22)19-5-1-2-6-19/h3-4,7H,1-2,5-6,8-9,15H2,(H,16,21). The predicted molar refractivity (Wildman–Crippen MR) is 93.0 cm³/mol. The summed E-state index contributed by atoms with van der Waals surface area (Å²) in [5.74, 6) is 6.41. The summed E-state index contributed by atoms with van der Waals surface area (Å²) in [7, 11) is 0. The Morgan fingerprint density at radius 1 is 1.33 bits per heavy atom. The highest BCUT2D eigenvalue weighted by atomic mass is 32.2. The van der Waals surface area contributed by atoms with Crippen molar-refractivity contribution in [3.63, 3.8) is 0 Å². The zero-order valence-electron chi connectivity index (χ0n) is 13.0. The SMILES string of the molecule is Nn1c(SCC(=O)NCC(=O)N2CCCC2)nnc1-c1cccs1. The van der Waals surface area contributed by atoms with Gasteiger partial charge in [0.1, 0.15) is 0 Å². The number of carbonyl (C=O) groups is 2. The van der Waals surface area contributed by atoms with E-state index < -0.39 is 0 Å². The largest absolute Gasteiger partial charge is 0.346 e. The zero-order chi connectivity index (χ0) is 16.9. The van der Waals surface area contributed by atoms with Crippen molar-refractivity contribution in [2.45, 2.75) is 18.0 Å². The number of amides is 2. The van der Waals surface area contributed by atoms with Crippen LogP contribution in [0.2, 0.25) is 0 Å². The second-order valence-electron chi connectivity index (χ2n) is 5.31. The van der Waals surface area contributed by atoms with Crippen LogP contribution >= 0.6 is 23.1 Å². The minimum atomic E-state index is -0.228. The second-order valence-corrected chi connectivity index (χ2v) is 7.20. The van der Waals surface area contributed by atoms with Gasteiger partial charge >= 0.3 is 0 Å². The number of nitrogens with two attached hydrogens (primary N) is 1. The average Bonchev–Trinajstić information content (AvgIpc) is 3.32. The van der Waals surface area contributed by atoms with Gasteiger partial charge in [0.2, 0.25) is 17.0 Å². The summed E-state index contributed by atoms with van der Waals surface area (Å²) in [5, 5.41) is 13.1. The molecule has 0 saturated carbocycles. The number of likely N-dealkylation sites (tertiary alicyclic amines) is 1. The van der Waals surface area contributed by atoms with Crippen molar-refractivity contribution in [3.8, 4) is 10.7 Å². The topological polar surface area (TPSA) is 106 Å². The number of nitrogen functional groups attached to an aromatic ring is 1. The maximum atomic E-state index is 11.9. The van der Waals surface area contributed by atoms with Gasteiger partial charge in [-0.1, -0.05) is 17.8 Å². The Hall–Kier alpha value is -2.07. The van der Waals surface area contributed by atoms with Crippen LogP contribution in [-0.2, 0) is 9.59 Å². The van der Waals surface area contributed by atoms with Crippen LogP contribution in [0.4, 0.5) is 0 Å². The minimum absolute atomic E-state index is 0.0344. The summed E-state index contributed by atoms with van der Waals surface area (Å²) in [6.45, 7) is 1.60. The fraction of sp³-hybridized carbons (Fsp3) is 0.429. The Kier molecular flexibility index (Phi) is 5.36. The predicted octanol–water partition coefficient (Wildman–Crippen LogP) is 0.551. The highest BCUT2D eigenvalue weighted by Crippen LogP contribution is 2.24. The van der Waals surface area contributed by atoms with Gasteiger partial charge in [0.15, 0.2) is 5.82 Å². The molecule has 8 nitrogen and oxygen atoms in total. The van der Waals surface area contributed by atoms with E-state index in [9.17, 15) is 9.59 Å². The van der Waals surface area contributed by atoms with Crippen molar-refractivity contribution >= 4 is 34.9 Å². The molecule has 3 rings (SSSR count). The minimum Gasteiger partial charge on any atom is -0.346 e. The van der Waals surface area contributed by atoms with Crippen LogP contribution in [0.5, 0.6) is 0 Å². The Morgan fingerprint density at radius 3 is 2.83 bits per heavy atom. The van der Waals surface area contributed by atoms with Crippen LogP contribution in [0.3, 0.4) is 0 Å². The first kappa shape index (κ1) is 16.8. The zero-order valence-corrected chi connectivity index (χ0v) is 14.6. The first-order valence-electron chi connectivity index (χ1n) is 7.57. The average molecular weight is 366 g/mol. The molecule has 0 bridgehead atoms. The van der Waals surface area contributed by atoms with E-state index in [2.05, 4.69) is 15.5 Å². The third kappa shape index (κ3) is 3.88. The van der Waals surface area contributed by atoms with E-state index in [1.807, 2.05) is 17.5 Å². The van der Waals surface area contributed by atoms with E-state index in [0.717, 1.165) is 30.8 Å². The van der Waals surface area contributed by atoms with E-state index in [1.54, 1.807) is 4.90 Å². The summed E-state index contributed by atoms with van der Waals surface area (Å²) in [4.78, 5) is 26.4. The summed E-state index contributed by atoms with van der Waals surface area (Å²) >= 11 is 2.71. The van der Waals surface area contributed by atoms with Gasteiger partial charge in [-0.2, -0.15) is 0 Å². The van der Waals surface area contributed by atoms with Gasteiger partial charge in [-0.25, -0.2) is 4.68 Å². The molecular formula is C14H18N6O2S2. The lowest BCUT2D eigenvalue weighted by Crippen LogP contribution is -2.39. The maximum Gasteiger partial charge on any atom is 0.241 e. The van der Waals surface area contributed by atoms with Crippen LogP contribution in [-0.4, -0.2) is 57.0 Å². The van der Waals surface area contributed by atoms with E-state index in [0.29, 0.717) is 11.0 Å². The number of thiophene rings is 1.